The van der Waals surface area contributed by atoms with E-state index in [4.69, 9.17) is 5.73 Å². The molecule has 0 aliphatic heterocycles. The van der Waals surface area contributed by atoms with Crippen molar-refractivity contribution in [2.45, 2.75) is 13.0 Å². The Kier molecular flexibility index (Phi) is 4.53. The fourth-order valence-corrected chi connectivity index (χ4v) is 2.41. The average Bonchev–Trinajstić information content (AvgIpc) is 2.45. The molecule has 2 aromatic carbocycles. The zero-order valence-electron chi connectivity index (χ0n) is 11.9. The monoisotopic (exact) mass is 294 g/mol. The van der Waals surface area contributed by atoms with Gasteiger partial charge in [0.25, 0.3) is 0 Å². The lowest BCUT2D eigenvalue weighted by atomic mass is 10.0. The van der Waals surface area contributed by atoms with Gasteiger partial charge in [0.2, 0.25) is 0 Å². The lowest BCUT2D eigenvalue weighted by molar-refractivity contribution is 0.443. The van der Waals surface area contributed by atoms with Gasteiger partial charge in [-0.3, -0.25) is 0 Å². The number of nitrogens with two attached hydrogens (primary N) is 1. The first kappa shape index (κ1) is 15.4. The number of likely N-dealkylation sites (N-methyl/N-ethyl adjacent to an activating group) is 1. The van der Waals surface area contributed by atoms with E-state index >= 15 is 0 Å². The highest BCUT2D eigenvalue weighted by molar-refractivity contribution is 5.54. The van der Waals surface area contributed by atoms with Gasteiger partial charge in [0, 0.05) is 19.3 Å². The van der Waals surface area contributed by atoms with Gasteiger partial charge >= 0.3 is 0 Å². The van der Waals surface area contributed by atoms with Gasteiger partial charge in [0.15, 0.2) is 17.5 Å². The summed E-state index contributed by atoms with van der Waals surface area (Å²) in [4.78, 5) is 1.83. The van der Waals surface area contributed by atoms with Crippen molar-refractivity contribution in [1.82, 2.24) is 0 Å². The molecule has 21 heavy (non-hydrogen) atoms. The van der Waals surface area contributed by atoms with E-state index in [0.717, 1.165) is 23.4 Å². The summed E-state index contributed by atoms with van der Waals surface area (Å²) >= 11 is 0. The van der Waals surface area contributed by atoms with E-state index < -0.39 is 23.5 Å². The second kappa shape index (κ2) is 6.18. The summed E-state index contributed by atoms with van der Waals surface area (Å²) in [5.74, 6) is -3.88. The third kappa shape index (κ3) is 3.03. The molecule has 0 aliphatic carbocycles. The van der Waals surface area contributed by atoms with E-state index in [1.807, 2.05) is 36.1 Å². The number of anilines is 1. The lowest BCUT2D eigenvalue weighted by Crippen LogP contribution is -2.31. The topological polar surface area (TPSA) is 29.3 Å². The minimum Gasteiger partial charge on any atom is -0.366 e. The van der Waals surface area contributed by atoms with Crippen LogP contribution in [0.4, 0.5) is 18.9 Å². The fourth-order valence-electron chi connectivity index (χ4n) is 2.41. The number of nitrogens with zero attached hydrogens (tertiary/aromatic N) is 1. The Balaban J connectivity index is 2.42. The maximum Gasteiger partial charge on any atom is 0.194 e. The number of para-hydroxylation sites is 1. The molecule has 2 rings (SSSR count). The van der Waals surface area contributed by atoms with Crippen molar-refractivity contribution >= 4 is 5.69 Å². The summed E-state index contributed by atoms with van der Waals surface area (Å²) in [6.07, 6.45) is 0. The summed E-state index contributed by atoms with van der Waals surface area (Å²) < 4.78 is 39.9. The molecule has 0 amide bonds. The van der Waals surface area contributed by atoms with E-state index in [1.54, 1.807) is 7.05 Å². The number of halogens is 3. The molecule has 0 heterocycles. The molecular weight excluding hydrogens is 277 g/mol. The minimum absolute atomic E-state index is 0.148. The molecule has 0 fully saturated rings. The van der Waals surface area contributed by atoms with E-state index in [0.29, 0.717) is 5.56 Å². The Morgan fingerprint density at radius 3 is 2.19 bits per heavy atom. The zero-order chi connectivity index (χ0) is 15.6. The van der Waals surface area contributed by atoms with Crippen LogP contribution in [0.2, 0.25) is 0 Å². The maximum absolute atomic E-state index is 13.4. The first-order valence-corrected chi connectivity index (χ1v) is 6.58. The largest absolute Gasteiger partial charge is 0.366 e. The van der Waals surface area contributed by atoms with Crippen LogP contribution in [0.3, 0.4) is 0 Å². The average molecular weight is 294 g/mol. The van der Waals surface area contributed by atoms with Crippen molar-refractivity contribution in [3.8, 4) is 0 Å². The normalized spacial score (nSPS) is 12.3. The third-order valence-corrected chi connectivity index (χ3v) is 3.58. The second-order valence-electron chi connectivity index (χ2n) is 4.95. The molecule has 1 atom stereocenters. The number of benzene rings is 2. The fraction of sp³-hybridized carbons (Fsp3) is 0.250. The summed E-state index contributed by atoms with van der Waals surface area (Å²) in [6, 6.07) is 9.14. The minimum atomic E-state index is -1.46. The molecule has 112 valence electrons. The molecule has 2 nitrogen and oxygen atoms in total. The molecule has 2 aromatic rings. The lowest BCUT2D eigenvalue weighted by Gasteiger charge is -2.30. The molecule has 0 spiro atoms. The van der Waals surface area contributed by atoms with Crippen LogP contribution in [0.5, 0.6) is 0 Å². The van der Waals surface area contributed by atoms with Gasteiger partial charge in [-0.25, -0.2) is 13.2 Å². The van der Waals surface area contributed by atoms with Gasteiger partial charge in [-0.15, -0.1) is 0 Å². The highest BCUT2D eigenvalue weighted by atomic mass is 19.2. The van der Waals surface area contributed by atoms with Crippen LogP contribution in [-0.4, -0.2) is 13.6 Å². The maximum atomic E-state index is 13.4. The molecular formula is C16H17F3N2. The zero-order valence-corrected chi connectivity index (χ0v) is 11.9. The smallest absolute Gasteiger partial charge is 0.194 e. The third-order valence-electron chi connectivity index (χ3n) is 3.58. The van der Waals surface area contributed by atoms with Crippen molar-refractivity contribution < 1.29 is 13.2 Å². The predicted octanol–water partition coefficient (Wildman–Crippen LogP) is 3.55. The van der Waals surface area contributed by atoms with E-state index in [9.17, 15) is 13.2 Å². The van der Waals surface area contributed by atoms with Crippen molar-refractivity contribution in [1.29, 1.82) is 0 Å². The number of hydrogen-bond donors (Lipinski definition) is 1. The molecule has 0 bridgehead atoms. The van der Waals surface area contributed by atoms with E-state index in [1.165, 1.54) is 0 Å². The Hall–Kier alpha value is -2.01. The van der Waals surface area contributed by atoms with Gasteiger partial charge in [-0.2, -0.15) is 0 Å². The standard InChI is InChI=1S/C16H17F3N2/c1-10-5-3-4-6-14(10)21(2)15(9-20)11-7-12(17)16(19)13(18)8-11/h3-8,15H,9,20H2,1-2H3. The Bertz CT molecular complexity index is 620. The van der Waals surface area contributed by atoms with Crippen molar-refractivity contribution in [3.05, 3.63) is 65.0 Å². The molecule has 0 saturated carbocycles. The van der Waals surface area contributed by atoms with Crippen LogP contribution in [0, 0.1) is 24.4 Å². The molecule has 1 unspecified atom stereocenters. The van der Waals surface area contributed by atoms with Crippen LogP contribution < -0.4 is 10.6 Å². The number of aryl methyl sites for hydroxylation is 1. The summed E-state index contributed by atoms with van der Waals surface area (Å²) in [7, 11) is 1.79. The Labute approximate surface area is 122 Å². The van der Waals surface area contributed by atoms with Crippen LogP contribution >= 0.6 is 0 Å². The van der Waals surface area contributed by atoms with Crippen molar-refractivity contribution in [2.24, 2.45) is 5.73 Å². The van der Waals surface area contributed by atoms with Crippen LogP contribution in [0.25, 0.3) is 0 Å². The molecule has 0 aliphatic rings. The van der Waals surface area contributed by atoms with Gasteiger partial charge in [0.1, 0.15) is 0 Å². The predicted molar refractivity (Wildman–Crippen MR) is 77.7 cm³/mol. The molecule has 5 heteroatoms. The van der Waals surface area contributed by atoms with Crippen LogP contribution in [0.1, 0.15) is 17.2 Å². The molecule has 0 radical (unpaired) electrons. The van der Waals surface area contributed by atoms with Gasteiger partial charge in [-0.1, -0.05) is 18.2 Å². The number of hydrogen-bond acceptors (Lipinski definition) is 2. The van der Waals surface area contributed by atoms with Crippen molar-refractivity contribution in [2.75, 3.05) is 18.5 Å². The SMILES string of the molecule is Cc1ccccc1N(C)C(CN)c1cc(F)c(F)c(F)c1. The second-order valence-corrected chi connectivity index (χ2v) is 4.95. The highest BCUT2D eigenvalue weighted by Gasteiger charge is 2.21. The van der Waals surface area contributed by atoms with Gasteiger partial charge < -0.3 is 10.6 Å². The first-order valence-electron chi connectivity index (χ1n) is 6.58. The summed E-state index contributed by atoms with van der Waals surface area (Å²) in [6.45, 7) is 2.08. The summed E-state index contributed by atoms with van der Waals surface area (Å²) in [5, 5.41) is 0. The Morgan fingerprint density at radius 1 is 1.10 bits per heavy atom. The van der Waals surface area contributed by atoms with Crippen molar-refractivity contribution in [3.63, 3.8) is 0 Å². The highest BCUT2D eigenvalue weighted by Crippen LogP contribution is 2.29. The summed E-state index contributed by atoms with van der Waals surface area (Å²) in [5.41, 5.74) is 7.97. The quantitative estimate of drug-likeness (QED) is 0.874. The van der Waals surface area contributed by atoms with Crippen LogP contribution in [-0.2, 0) is 0 Å². The van der Waals surface area contributed by atoms with Crippen LogP contribution in [0.15, 0.2) is 36.4 Å². The first-order chi connectivity index (χ1) is 9.95. The van der Waals surface area contributed by atoms with E-state index in [2.05, 4.69) is 0 Å². The molecule has 2 N–H and O–H groups in total. The Morgan fingerprint density at radius 2 is 1.67 bits per heavy atom. The molecule has 0 saturated heterocycles. The molecule has 0 aromatic heterocycles. The number of rotatable bonds is 4. The van der Waals surface area contributed by atoms with Gasteiger partial charge in [0.05, 0.1) is 6.04 Å². The van der Waals surface area contributed by atoms with E-state index in [-0.39, 0.29) is 6.54 Å². The van der Waals surface area contributed by atoms with Gasteiger partial charge in [-0.05, 0) is 36.2 Å².